The van der Waals surface area contributed by atoms with Crippen molar-refractivity contribution in [2.75, 3.05) is 6.61 Å². The molecule has 0 spiro atoms. The van der Waals surface area contributed by atoms with Crippen LogP contribution in [0.25, 0.3) is 0 Å². The molecular formula is C18H23NO6. The third-order valence-corrected chi connectivity index (χ3v) is 4.18. The van der Waals surface area contributed by atoms with E-state index in [4.69, 9.17) is 14.2 Å². The molecule has 1 aliphatic rings. The van der Waals surface area contributed by atoms with E-state index in [1.54, 1.807) is 20.8 Å². The molecule has 0 aliphatic carbocycles. The third kappa shape index (κ3) is 4.71. The molecule has 1 N–H and O–H groups in total. The monoisotopic (exact) mass is 349 g/mol. The second-order valence-electron chi connectivity index (χ2n) is 5.95. The summed E-state index contributed by atoms with van der Waals surface area (Å²) in [6, 6.07) is 8.77. The summed E-state index contributed by atoms with van der Waals surface area (Å²) in [5.74, 6) is -1.78. The number of β-lactam (4-membered cyclic amide) rings is 1. The van der Waals surface area contributed by atoms with Gasteiger partial charge in [0.2, 0.25) is 5.91 Å². The lowest BCUT2D eigenvalue weighted by molar-refractivity contribution is -0.156. The molecule has 4 atom stereocenters. The molecule has 1 aromatic rings. The highest BCUT2D eigenvalue weighted by Gasteiger charge is 2.49. The molecular weight excluding hydrogens is 326 g/mol. The van der Waals surface area contributed by atoms with Gasteiger partial charge in [0.1, 0.15) is 12.7 Å². The van der Waals surface area contributed by atoms with E-state index < -0.39 is 36.1 Å². The molecule has 1 fully saturated rings. The van der Waals surface area contributed by atoms with Gasteiger partial charge in [0.15, 0.2) is 0 Å². The van der Waals surface area contributed by atoms with Crippen LogP contribution in [0.15, 0.2) is 30.3 Å². The summed E-state index contributed by atoms with van der Waals surface area (Å²) in [5.41, 5.74) is 0.835. The number of carbonyl (C=O) groups is 3. The minimum absolute atomic E-state index is 0.0892. The smallest absolute Gasteiger partial charge is 0.466 e. The van der Waals surface area contributed by atoms with Crippen molar-refractivity contribution in [3.05, 3.63) is 35.9 Å². The summed E-state index contributed by atoms with van der Waals surface area (Å²) in [6.07, 6.45) is -1.56. The van der Waals surface area contributed by atoms with Gasteiger partial charge in [0, 0.05) is 0 Å². The molecule has 25 heavy (non-hydrogen) atoms. The largest absolute Gasteiger partial charge is 0.508 e. The SMILES string of the molecule is CCOC(=O)C(C)C1NC(=O)C1C(C)OC(=O)OCc1ccccc1. The zero-order valence-corrected chi connectivity index (χ0v) is 14.6. The van der Waals surface area contributed by atoms with Gasteiger partial charge in [0.05, 0.1) is 24.5 Å². The molecule has 0 saturated carbocycles. The summed E-state index contributed by atoms with van der Waals surface area (Å²) < 4.78 is 15.2. The van der Waals surface area contributed by atoms with Crippen molar-refractivity contribution in [1.82, 2.24) is 5.32 Å². The molecule has 0 aromatic heterocycles. The number of hydrogen-bond donors (Lipinski definition) is 1. The molecule has 0 bridgehead atoms. The Bertz CT molecular complexity index is 617. The van der Waals surface area contributed by atoms with Gasteiger partial charge >= 0.3 is 12.1 Å². The van der Waals surface area contributed by atoms with Gasteiger partial charge in [-0.15, -0.1) is 0 Å². The fraction of sp³-hybridized carbons (Fsp3) is 0.500. The van der Waals surface area contributed by atoms with Crippen LogP contribution in [0.5, 0.6) is 0 Å². The number of esters is 1. The van der Waals surface area contributed by atoms with E-state index in [1.165, 1.54) is 0 Å². The van der Waals surface area contributed by atoms with E-state index in [0.717, 1.165) is 5.56 Å². The molecule has 1 aromatic carbocycles. The van der Waals surface area contributed by atoms with Gasteiger partial charge in [0.25, 0.3) is 0 Å². The maximum Gasteiger partial charge on any atom is 0.508 e. The van der Waals surface area contributed by atoms with Crippen LogP contribution < -0.4 is 5.32 Å². The van der Waals surface area contributed by atoms with Crippen LogP contribution >= 0.6 is 0 Å². The molecule has 1 saturated heterocycles. The molecule has 7 nitrogen and oxygen atoms in total. The van der Waals surface area contributed by atoms with E-state index in [-0.39, 0.29) is 19.1 Å². The molecule has 2 rings (SSSR count). The van der Waals surface area contributed by atoms with Crippen molar-refractivity contribution in [2.45, 2.75) is 39.5 Å². The summed E-state index contributed by atoms with van der Waals surface area (Å²) in [7, 11) is 0. The lowest BCUT2D eigenvalue weighted by Gasteiger charge is -2.41. The van der Waals surface area contributed by atoms with Crippen LogP contribution in [-0.2, 0) is 30.4 Å². The molecule has 4 unspecified atom stereocenters. The lowest BCUT2D eigenvalue weighted by atomic mass is 9.79. The number of benzene rings is 1. The van der Waals surface area contributed by atoms with Gasteiger partial charge in [-0.3, -0.25) is 9.59 Å². The third-order valence-electron chi connectivity index (χ3n) is 4.18. The number of hydrogen-bond acceptors (Lipinski definition) is 6. The van der Waals surface area contributed by atoms with E-state index in [1.807, 2.05) is 30.3 Å². The van der Waals surface area contributed by atoms with Gasteiger partial charge in [-0.05, 0) is 26.3 Å². The van der Waals surface area contributed by atoms with Gasteiger partial charge < -0.3 is 19.5 Å². The number of nitrogens with one attached hydrogen (secondary N) is 1. The normalized spacial score (nSPS) is 21.3. The number of ether oxygens (including phenoxy) is 3. The quantitative estimate of drug-likeness (QED) is 0.598. The van der Waals surface area contributed by atoms with E-state index in [0.29, 0.717) is 0 Å². The highest BCUT2D eigenvalue weighted by Crippen LogP contribution is 2.28. The molecule has 7 heteroatoms. The van der Waals surface area contributed by atoms with Gasteiger partial charge in [-0.2, -0.15) is 0 Å². The van der Waals surface area contributed by atoms with Gasteiger partial charge in [-0.1, -0.05) is 30.3 Å². The zero-order chi connectivity index (χ0) is 18.4. The zero-order valence-electron chi connectivity index (χ0n) is 14.6. The topological polar surface area (TPSA) is 90.9 Å². The fourth-order valence-corrected chi connectivity index (χ4v) is 2.75. The van der Waals surface area contributed by atoms with Crippen LogP contribution in [0.3, 0.4) is 0 Å². The van der Waals surface area contributed by atoms with Crippen molar-refractivity contribution in [2.24, 2.45) is 11.8 Å². The average Bonchev–Trinajstić information content (AvgIpc) is 2.58. The Kier molecular flexibility index (Phi) is 6.38. The van der Waals surface area contributed by atoms with Crippen LogP contribution in [0.2, 0.25) is 0 Å². The number of amides is 1. The van der Waals surface area contributed by atoms with Crippen LogP contribution in [0.1, 0.15) is 26.3 Å². The van der Waals surface area contributed by atoms with Crippen LogP contribution in [0.4, 0.5) is 4.79 Å². The van der Waals surface area contributed by atoms with E-state index in [9.17, 15) is 14.4 Å². The second-order valence-corrected chi connectivity index (χ2v) is 5.95. The fourth-order valence-electron chi connectivity index (χ4n) is 2.75. The highest BCUT2D eigenvalue weighted by atomic mass is 16.7. The first-order valence-electron chi connectivity index (χ1n) is 8.28. The average molecular weight is 349 g/mol. The van der Waals surface area contributed by atoms with Crippen molar-refractivity contribution in [3.63, 3.8) is 0 Å². The molecule has 1 amide bonds. The minimum Gasteiger partial charge on any atom is -0.466 e. The first-order chi connectivity index (χ1) is 11.9. The summed E-state index contributed by atoms with van der Waals surface area (Å²) in [5, 5.41) is 2.67. The van der Waals surface area contributed by atoms with Crippen LogP contribution in [-0.4, -0.2) is 36.8 Å². The molecule has 136 valence electrons. The standard InChI is InChI=1S/C18H23NO6/c1-4-23-17(21)11(2)15-14(16(20)19-15)12(3)25-18(22)24-10-13-8-6-5-7-9-13/h5-9,11-12,14-15H,4,10H2,1-3H3,(H,19,20). The summed E-state index contributed by atoms with van der Waals surface area (Å²) >= 11 is 0. The maximum absolute atomic E-state index is 11.8. The first kappa shape index (κ1) is 18.8. The Balaban J connectivity index is 1.85. The molecule has 1 heterocycles. The number of carbonyl (C=O) groups excluding carboxylic acids is 3. The predicted molar refractivity (Wildman–Crippen MR) is 88.4 cm³/mol. The molecule has 0 radical (unpaired) electrons. The Morgan fingerprint density at radius 1 is 1.16 bits per heavy atom. The van der Waals surface area contributed by atoms with Crippen molar-refractivity contribution >= 4 is 18.0 Å². The number of rotatable bonds is 7. The Morgan fingerprint density at radius 3 is 2.44 bits per heavy atom. The minimum atomic E-state index is -0.849. The summed E-state index contributed by atoms with van der Waals surface area (Å²) in [6.45, 7) is 5.36. The van der Waals surface area contributed by atoms with E-state index >= 15 is 0 Å². The van der Waals surface area contributed by atoms with Crippen molar-refractivity contribution in [1.29, 1.82) is 0 Å². The predicted octanol–water partition coefficient (Wildman–Crippen LogP) is 2.04. The Hall–Kier alpha value is -2.57. The molecule has 1 aliphatic heterocycles. The Morgan fingerprint density at radius 2 is 1.84 bits per heavy atom. The van der Waals surface area contributed by atoms with E-state index in [2.05, 4.69) is 5.32 Å². The van der Waals surface area contributed by atoms with Crippen molar-refractivity contribution < 1.29 is 28.6 Å². The summed E-state index contributed by atoms with van der Waals surface area (Å²) in [4.78, 5) is 35.5. The second kappa shape index (κ2) is 8.50. The maximum atomic E-state index is 11.8. The first-order valence-corrected chi connectivity index (χ1v) is 8.28. The van der Waals surface area contributed by atoms with Crippen LogP contribution in [0, 0.1) is 11.8 Å². The Labute approximate surface area is 146 Å². The lowest BCUT2D eigenvalue weighted by Crippen LogP contribution is -2.66. The highest BCUT2D eigenvalue weighted by molar-refractivity contribution is 5.89. The van der Waals surface area contributed by atoms with Crippen molar-refractivity contribution in [3.8, 4) is 0 Å². The van der Waals surface area contributed by atoms with Gasteiger partial charge in [-0.25, -0.2) is 4.79 Å².